The summed E-state index contributed by atoms with van der Waals surface area (Å²) in [6.07, 6.45) is 2.12. The Labute approximate surface area is 94.9 Å². The van der Waals surface area contributed by atoms with Gasteiger partial charge in [0, 0.05) is 32.9 Å². The molecular weight excluding hydrogens is 208 g/mol. The molecule has 0 spiro atoms. The van der Waals surface area contributed by atoms with E-state index in [2.05, 4.69) is 15.3 Å². The molecular formula is C10H18N4O2. The third-order valence-electron chi connectivity index (χ3n) is 2.17. The summed E-state index contributed by atoms with van der Waals surface area (Å²) in [4.78, 5) is 7.75. The van der Waals surface area contributed by atoms with Gasteiger partial charge in [0.2, 0.25) is 5.95 Å². The molecule has 0 saturated carbocycles. The summed E-state index contributed by atoms with van der Waals surface area (Å²) in [5.74, 6) is 0.812. The van der Waals surface area contributed by atoms with E-state index in [9.17, 15) is 5.11 Å². The topological polar surface area (TPSA) is 93.3 Å². The lowest BCUT2D eigenvalue weighted by Crippen LogP contribution is -2.34. The molecule has 1 aromatic rings. The number of methoxy groups -OCH3 is 1. The van der Waals surface area contributed by atoms with Crippen molar-refractivity contribution in [3.63, 3.8) is 0 Å². The van der Waals surface area contributed by atoms with E-state index < -0.39 is 5.60 Å². The Kier molecular flexibility index (Phi) is 4.45. The van der Waals surface area contributed by atoms with Crippen LogP contribution in [0.4, 0.5) is 11.8 Å². The number of nitrogens with two attached hydrogens (primary N) is 1. The van der Waals surface area contributed by atoms with Gasteiger partial charge < -0.3 is 20.9 Å². The monoisotopic (exact) mass is 226 g/mol. The van der Waals surface area contributed by atoms with E-state index in [0.29, 0.717) is 25.4 Å². The van der Waals surface area contributed by atoms with Gasteiger partial charge in [-0.2, -0.15) is 4.98 Å². The molecule has 1 unspecified atom stereocenters. The van der Waals surface area contributed by atoms with Crippen molar-refractivity contribution in [3.8, 4) is 0 Å². The van der Waals surface area contributed by atoms with Gasteiger partial charge in [-0.25, -0.2) is 4.98 Å². The molecule has 16 heavy (non-hydrogen) atoms. The molecule has 6 heteroatoms. The van der Waals surface area contributed by atoms with Crippen LogP contribution in [0.3, 0.4) is 0 Å². The van der Waals surface area contributed by atoms with Gasteiger partial charge in [0.25, 0.3) is 0 Å². The van der Waals surface area contributed by atoms with Gasteiger partial charge >= 0.3 is 0 Å². The second-order valence-electron chi connectivity index (χ2n) is 3.89. The fourth-order valence-electron chi connectivity index (χ4n) is 1.16. The molecule has 1 atom stereocenters. The summed E-state index contributed by atoms with van der Waals surface area (Å²) < 4.78 is 4.92. The minimum Gasteiger partial charge on any atom is -0.388 e. The van der Waals surface area contributed by atoms with Crippen molar-refractivity contribution in [2.45, 2.75) is 18.9 Å². The standard InChI is InChI=1S/C10H18N4O2/c1-10(15,4-6-16-2)7-13-8-3-5-12-9(11)14-8/h3,5,15H,4,6-7H2,1-2H3,(H3,11,12,13,14). The maximum Gasteiger partial charge on any atom is 0.221 e. The zero-order valence-electron chi connectivity index (χ0n) is 9.60. The average Bonchev–Trinajstić information content (AvgIpc) is 2.24. The molecule has 0 fully saturated rings. The first kappa shape index (κ1) is 12.7. The molecule has 0 aromatic carbocycles. The largest absolute Gasteiger partial charge is 0.388 e. The highest BCUT2D eigenvalue weighted by molar-refractivity contribution is 5.37. The van der Waals surface area contributed by atoms with Gasteiger partial charge in [-0.3, -0.25) is 0 Å². The highest BCUT2D eigenvalue weighted by Crippen LogP contribution is 2.11. The molecule has 0 aliphatic carbocycles. The predicted octanol–water partition coefficient (Wildman–Crippen LogP) is 0.258. The third-order valence-corrected chi connectivity index (χ3v) is 2.17. The molecule has 4 N–H and O–H groups in total. The van der Waals surface area contributed by atoms with E-state index in [1.54, 1.807) is 26.3 Å². The summed E-state index contributed by atoms with van der Waals surface area (Å²) in [5.41, 5.74) is 4.60. The van der Waals surface area contributed by atoms with E-state index >= 15 is 0 Å². The van der Waals surface area contributed by atoms with Crippen molar-refractivity contribution in [3.05, 3.63) is 12.3 Å². The molecule has 0 radical (unpaired) electrons. The van der Waals surface area contributed by atoms with E-state index in [4.69, 9.17) is 10.5 Å². The molecule has 0 aliphatic rings. The van der Waals surface area contributed by atoms with Crippen LogP contribution in [-0.2, 0) is 4.74 Å². The Balaban J connectivity index is 2.44. The highest BCUT2D eigenvalue weighted by atomic mass is 16.5. The van der Waals surface area contributed by atoms with Crippen LogP contribution < -0.4 is 11.1 Å². The Morgan fingerprint density at radius 3 is 3.00 bits per heavy atom. The minimum atomic E-state index is -0.838. The molecule has 0 amide bonds. The molecule has 6 nitrogen and oxygen atoms in total. The molecule has 1 aromatic heterocycles. The number of hydrogen-bond acceptors (Lipinski definition) is 6. The van der Waals surface area contributed by atoms with E-state index in [0.717, 1.165) is 0 Å². The summed E-state index contributed by atoms with van der Waals surface area (Å²) in [6.45, 7) is 2.64. The lowest BCUT2D eigenvalue weighted by Gasteiger charge is -2.23. The lowest BCUT2D eigenvalue weighted by atomic mass is 10.0. The first-order valence-corrected chi connectivity index (χ1v) is 5.07. The number of aliphatic hydroxyl groups is 1. The van der Waals surface area contributed by atoms with Crippen LogP contribution in [-0.4, -0.2) is 40.9 Å². The van der Waals surface area contributed by atoms with Crippen molar-refractivity contribution in [2.75, 3.05) is 31.3 Å². The molecule has 0 saturated heterocycles. The summed E-state index contributed by atoms with van der Waals surface area (Å²) in [6, 6.07) is 1.70. The lowest BCUT2D eigenvalue weighted by molar-refractivity contribution is 0.0357. The van der Waals surface area contributed by atoms with Gasteiger partial charge in [0.15, 0.2) is 0 Å². The van der Waals surface area contributed by atoms with Gasteiger partial charge in [0.1, 0.15) is 5.82 Å². The van der Waals surface area contributed by atoms with Crippen molar-refractivity contribution in [2.24, 2.45) is 0 Å². The van der Waals surface area contributed by atoms with Crippen LogP contribution in [0.15, 0.2) is 12.3 Å². The maximum atomic E-state index is 9.96. The van der Waals surface area contributed by atoms with Crippen molar-refractivity contribution in [1.82, 2.24) is 9.97 Å². The third kappa shape index (κ3) is 4.41. The second-order valence-corrected chi connectivity index (χ2v) is 3.89. The number of nitrogen functional groups attached to an aromatic ring is 1. The van der Waals surface area contributed by atoms with Crippen LogP contribution in [0.2, 0.25) is 0 Å². The zero-order chi connectivity index (χ0) is 12.0. The number of rotatable bonds is 6. The number of ether oxygens (including phenoxy) is 1. The highest BCUT2D eigenvalue weighted by Gasteiger charge is 2.19. The molecule has 1 heterocycles. The molecule has 0 bridgehead atoms. The Morgan fingerprint density at radius 1 is 1.62 bits per heavy atom. The summed E-state index contributed by atoms with van der Waals surface area (Å²) in [7, 11) is 1.61. The Morgan fingerprint density at radius 2 is 2.38 bits per heavy atom. The fraction of sp³-hybridized carbons (Fsp3) is 0.600. The average molecular weight is 226 g/mol. The number of anilines is 2. The number of aromatic nitrogens is 2. The van der Waals surface area contributed by atoms with Gasteiger partial charge in [-0.1, -0.05) is 0 Å². The molecule has 0 aliphatic heterocycles. The number of nitrogens with zero attached hydrogens (tertiary/aromatic N) is 2. The Bertz CT molecular complexity index is 330. The van der Waals surface area contributed by atoms with E-state index in [1.807, 2.05) is 0 Å². The first-order chi connectivity index (χ1) is 7.53. The SMILES string of the molecule is COCCC(C)(O)CNc1ccnc(N)n1. The normalized spacial score (nSPS) is 14.4. The molecule has 90 valence electrons. The summed E-state index contributed by atoms with van der Waals surface area (Å²) >= 11 is 0. The van der Waals surface area contributed by atoms with Crippen LogP contribution in [0.25, 0.3) is 0 Å². The quantitative estimate of drug-likeness (QED) is 0.644. The smallest absolute Gasteiger partial charge is 0.221 e. The minimum absolute atomic E-state index is 0.210. The van der Waals surface area contributed by atoms with Crippen LogP contribution in [0.5, 0.6) is 0 Å². The first-order valence-electron chi connectivity index (χ1n) is 5.07. The van der Waals surface area contributed by atoms with Crippen molar-refractivity contribution in [1.29, 1.82) is 0 Å². The van der Waals surface area contributed by atoms with E-state index in [1.165, 1.54) is 0 Å². The fourth-order valence-corrected chi connectivity index (χ4v) is 1.16. The maximum absolute atomic E-state index is 9.96. The predicted molar refractivity (Wildman–Crippen MR) is 62.1 cm³/mol. The van der Waals surface area contributed by atoms with Crippen molar-refractivity contribution < 1.29 is 9.84 Å². The molecule has 1 rings (SSSR count). The van der Waals surface area contributed by atoms with E-state index in [-0.39, 0.29) is 5.95 Å². The zero-order valence-corrected chi connectivity index (χ0v) is 9.60. The summed E-state index contributed by atoms with van der Waals surface area (Å²) in [5, 5.41) is 13.0. The van der Waals surface area contributed by atoms with Crippen LogP contribution in [0, 0.1) is 0 Å². The van der Waals surface area contributed by atoms with Gasteiger partial charge in [-0.15, -0.1) is 0 Å². The van der Waals surface area contributed by atoms with Crippen LogP contribution >= 0.6 is 0 Å². The van der Waals surface area contributed by atoms with Crippen molar-refractivity contribution >= 4 is 11.8 Å². The van der Waals surface area contributed by atoms with Gasteiger partial charge in [-0.05, 0) is 13.0 Å². The number of hydrogen-bond donors (Lipinski definition) is 3. The Hall–Kier alpha value is -1.40. The van der Waals surface area contributed by atoms with Gasteiger partial charge in [0.05, 0.1) is 5.60 Å². The van der Waals surface area contributed by atoms with Crippen LogP contribution in [0.1, 0.15) is 13.3 Å². The second kappa shape index (κ2) is 5.62. The number of nitrogens with one attached hydrogen (secondary N) is 1.